The molecule has 4 heterocycles. The lowest BCUT2D eigenvalue weighted by Crippen LogP contribution is -2.25. The average Bonchev–Trinajstić information content (AvgIpc) is 3.17. The fourth-order valence-corrected chi connectivity index (χ4v) is 3.35. The van der Waals surface area contributed by atoms with Crippen molar-refractivity contribution in [3.05, 3.63) is 52.7 Å². The Hall–Kier alpha value is -2.65. The van der Waals surface area contributed by atoms with Crippen LogP contribution in [0.3, 0.4) is 0 Å². The van der Waals surface area contributed by atoms with E-state index in [1.807, 2.05) is 0 Å². The Morgan fingerprint density at radius 2 is 2.00 bits per heavy atom. The van der Waals surface area contributed by atoms with Gasteiger partial charge in [-0.15, -0.1) is 12.4 Å². The van der Waals surface area contributed by atoms with Gasteiger partial charge in [-0.3, -0.25) is 9.78 Å². The molecule has 1 unspecified atom stereocenters. The van der Waals surface area contributed by atoms with Crippen molar-refractivity contribution in [1.29, 1.82) is 0 Å². The lowest BCUT2D eigenvalue weighted by Gasteiger charge is -2.16. The first-order valence-electron chi connectivity index (χ1n) is 8.84. The first-order valence-corrected chi connectivity index (χ1v) is 8.84. The van der Waals surface area contributed by atoms with E-state index in [0.29, 0.717) is 27.8 Å². The van der Waals surface area contributed by atoms with Gasteiger partial charge in [-0.25, -0.2) is 4.98 Å². The van der Waals surface area contributed by atoms with Crippen LogP contribution >= 0.6 is 12.4 Å². The molecule has 1 saturated heterocycles. The molecule has 1 fully saturated rings. The highest BCUT2D eigenvalue weighted by Gasteiger charge is 2.30. The Morgan fingerprint density at radius 1 is 1.21 bits per heavy atom. The molecule has 2 N–H and O–H groups in total. The number of nitrogens with one attached hydrogen (secondary N) is 2. The van der Waals surface area contributed by atoms with Gasteiger partial charge in [0.2, 0.25) is 0 Å². The van der Waals surface area contributed by atoms with Crippen LogP contribution in [0.2, 0.25) is 0 Å². The maximum atomic E-state index is 12.8. The minimum absolute atomic E-state index is 0. The van der Waals surface area contributed by atoms with Gasteiger partial charge < -0.3 is 15.2 Å². The molecule has 6 nitrogen and oxygen atoms in total. The highest BCUT2D eigenvalue weighted by Crippen LogP contribution is 2.32. The van der Waals surface area contributed by atoms with Crippen molar-refractivity contribution >= 4 is 29.0 Å². The third kappa shape index (κ3) is 4.06. The highest BCUT2D eigenvalue weighted by molar-refractivity contribution is 6.00. The summed E-state index contributed by atoms with van der Waals surface area (Å²) >= 11 is 0. The van der Waals surface area contributed by atoms with Gasteiger partial charge in [-0.2, -0.15) is 13.2 Å². The normalized spacial score (nSPS) is 16.6. The number of nitrogens with zero attached hydrogens (tertiary/aromatic N) is 3. The van der Waals surface area contributed by atoms with Crippen LogP contribution in [0.4, 0.5) is 19.0 Å². The van der Waals surface area contributed by atoms with Crippen LogP contribution in [-0.4, -0.2) is 33.7 Å². The number of aryl methyl sites for hydroxylation is 1. The Balaban J connectivity index is 0.00000240. The van der Waals surface area contributed by atoms with Gasteiger partial charge in [0.15, 0.2) is 0 Å². The summed E-state index contributed by atoms with van der Waals surface area (Å²) in [4.78, 5) is 21.1. The third-order valence-electron chi connectivity index (χ3n) is 4.89. The maximum absolute atomic E-state index is 12.8. The Morgan fingerprint density at radius 3 is 2.62 bits per heavy atom. The fourth-order valence-electron chi connectivity index (χ4n) is 3.35. The number of fused-ring (bicyclic) bond motifs is 1. The zero-order valence-corrected chi connectivity index (χ0v) is 16.3. The van der Waals surface area contributed by atoms with Crippen LogP contribution in [0.25, 0.3) is 22.0 Å². The quantitative estimate of drug-likeness (QED) is 0.674. The Labute approximate surface area is 170 Å². The topological polar surface area (TPSA) is 71.8 Å². The second-order valence-corrected chi connectivity index (χ2v) is 6.80. The molecule has 1 aliphatic heterocycles. The van der Waals surface area contributed by atoms with Crippen molar-refractivity contribution < 1.29 is 13.2 Å². The predicted octanol–water partition coefficient (Wildman–Crippen LogP) is 3.21. The van der Waals surface area contributed by atoms with Gasteiger partial charge >= 0.3 is 6.18 Å². The van der Waals surface area contributed by atoms with Crippen molar-refractivity contribution in [2.45, 2.75) is 18.6 Å². The maximum Gasteiger partial charge on any atom is 0.417 e. The van der Waals surface area contributed by atoms with E-state index in [4.69, 9.17) is 0 Å². The van der Waals surface area contributed by atoms with Gasteiger partial charge in [-0.1, -0.05) is 0 Å². The second kappa shape index (κ2) is 8.00. The third-order valence-corrected chi connectivity index (χ3v) is 4.89. The number of hydrogen-bond donors (Lipinski definition) is 2. The van der Waals surface area contributed by atoms with Crippen molar-refractivity contribution in [2.24, 2.45) is 7.05 Å². The molecule has 0 aromatic carbocycles. The fraction of sp³-hybridized carbons (Fsp3) is 0.316. The number of halogens is 4. The number of alkyl halides is 3. The average molecular weight is 426 g/mol. The van der Waals surface area contributed by atoms with Crippen LogP contribution in [0.1, 0.15) is 12.0 Å². The van der Waals surface area contributed by atoms with Crippen molar-refractivity contribution in [3.63, 3.8) is 0 Å². The van der Waals surface area contributed by atoms with E-state index in [0.717, 1.165) is 31.8 Å². The molecule has 0 amide bonds. The van der Waals surface area contributed by atoms with E-state index >= 15 is 0 Å². The molecule has 29 heavy (non-hydrogen) atoms. The van der Waals surface area contributed by atoms with E-state index in [1.165, 1.54) is 10.6 Å². The lowest BCUT2D eigenvalue weighted by atomic mass is 10.0. The minimum atomic E-state index is -4.45. The molecule has 10 heteroatoms. The number of anilines is 1. The first-order chi connectivity index (χ1) is 13.3. The van der Waals surface area contributed by atoms with Gasteiger partial charge in [0.1, 0.15) is 5.82 Å². The molecule has 3 aromatic heterocycles. The summed E-state index contributed by atoms with van der Waals surface area (Å²) in [5, 5.41) is 7.54. The molecule has 0 bridgehead atoms. The molecule has 1 atom stereocenters. The van der Waals surface area contributed by atoms with Crippen LogP contribution in [-0.2, 0) is 13.2 Å². The number of rotatable bonds is 3. The number of hydrogen-bond acceptors (Lipinski definition) is 5. The van der Waals surface area contributed by atoms with E-state index in [-0.39, 0.29) is 24.0 Å². The van der Waals surface area contributed by atoms with Crippen molar-refractivity contribution in [2.75, 3.05) is 18.4 Å². The van der Waals surface area contributed by atoms with Crippen molar-refractivity contribution in [3.8, 4) is 11.3 Å². The van der Waals surface area contributed by atoms with E-state index in [9.17, 15) is 18.0 Å². The van der Waals surface area contributed by atoms with Crippen LogP contribution in [0.15, 0.2) is 41.6 Å². The van der Waals surface area contributed by atoms with Gasteiger partial charge in [-0.05, 0) is 31.2 Å². The van der Waals surface area contributed by atoms with E-state index < -0.39 is 11.7 Å². The smallest absolute Gasteiger partial charge is 0.365 e. The molecule has 1 aliphatic rings. The zero-order chi connectivity index (χ0) is 19.9. The summed E-state index contributed by atoms with van der Waals surface area (Å²) < 4.78 is 39.9. The SMILES string of the molecule is Cl.Cn1ccc2c(-c3ccc(C(F)(F)F)cn3)cnc(NC3CCNC3)c2c1=O. The molecular formula is C19H19ClF3N5O. The monoisotopic (exact) mass is 425 g/mol. The molecule has 0 radical (unpaired) electrons. The Bertz CT molecular complexity index is 1080. The molecule has 4 rings (SSSR count). The zero-order valence-electron chi connectivity index (χ0n) is 15.5. The largest absolute Gasteiger partial charge is 0.417 e. The number of pyridine rings is 3. The standard InChI is InChI=1S/C19H18F3N5O.ClH/c1-27-7-5-13-14(15-3-2-11(8-24-15)19(20,21)22)10-25-17(16(13)18(27)28)26-12-4-6-23-9-12;/h2-3,5,7-8,10,12,23H,4,6,9H2,1H3,(H,25,26);1H. The van der Waals surface area contributed by atoms with Gasteiger partial charge in [0.25, 0.3) is 5.56 Å². The Kier molecular flexibility index (Phi) is 5.81. The first kappa shape index (κ1) is 21.1. The van der Waals surface area contributed by atoms with E-state index in [1.54, 1.807) is 25.5 Å². The van der Waals surface area contributed by atoms with Crippen LogP contribution in [0, 0.1) is 0 Å². The lowest BCUT2D eigenvalue weighted by molar-refractivity contribution is -0.137. The summed E-state index contributed by atoms with van der Waals surface area (Å²) in [5.41, 5.74) is -0.215. The molecule has 0 saturated carbocycles. The van der Waals surface area contributed by atoms with Crippen molar-refractivity contribution in [1.82, 2.24) is 19.9 Å². The van der Waals surface area contributed by atoms with Crippen LogP contribution < -0.4 is 16.2 Å². The number of aromatic nitrogens is 3. The van der Waals surface area contributed by atoms with Gasteiger partial charge in [0.05, 0.1) is 16.6 Å². The molecule has 0 aliphatic carbocycles. The summed E-state index contributed by atoms with van der Waals surface area (Å²) in [5.74, 6) is 0.473. The van der Waals surface area contributed by atoms with E-state index in [2.05, 4.69) is 20.6 Å². The summed E-state index contributed by atoms with van der Waals surface area (Å²) in [6.45, 7) is 1.67. The summed E-state index contributed by atoms with van der Waals surface area (Å²) in [6.07, 6.45) is 0.420. The summed E-state index contributed by atoms with van der Waals surface area (Å²) in [6, 6.07) is 4.19. The van der Waals surface area contributed by atoms with Crippen LogP contribution in [0.5, 0.6) is 0 Å². The summed E-state index contributed by atoms with van der Waals surface area (Å²) in [7, 11) is 1.64. The molecule has 154 valence electrons. The molecular weight excluding hydrogens is 407 g/mol. The molecule has 0 spiro atoms. The second-order valence-electron chi connectivity index (χ2n) is 6.80. The van der Waals surface area contributed by atoms with Gasteiger partial charge in [0, 0.05) is 49.2 Å². The molecule has 3 aromatic rings. The minimum Gasteiger partial charge on any atom is -0.365 e. The predicted molar refractivity (Wildman–Crippen MR) is 107 cm³/mol. The highest BCUT2D eigenvalue weighted by atomic mass is 35.5.